The van der Waals surface area contributed by atoms with Crippen LogP contribution in [0.25, 0.3) is 0 Å². The molecule has 0 aromatic heterocycles. The van der Waals surface area contributed by atoms with Gasteiger partial charge in [0.05, 0.1) is 35.7 Å². The first-order valence-electron chi connectivity index (χ1n) is 10.7. The highest BCUT2D eigenvalue weighted by molar-refractivity contribution is 7.90. The van der Waals surface area contributed by atoms with Crippen LogP contribution in [0, 0.1) is 16.0 Å². The summed E-state index contributed by atoms with van der Waals surface area (Å²) in [5.41, 5.74) is -0.305. The van der Waals surface area contributed by atoms with Gasteiger partial charge in [0, 0.05) is 11.6 Å². The number of benzene rings is 2. The molecule has 0 atom stereocenters. The summed E-state index contributed by atoms with van der Waals surface area (Å²) in [4.78, 5) is 25.1. The van der Waals surface area contributed by atoms with Crippen molar-refractivity contribution < 1.29 is 27.6 Å². The first kappa shape index (κ1) is 23.1. The monoisotopic (exact) mass is 475 g/mol. The molecule has 0 radical (unpaired) electrons. The zero-order chi connectivity index (χ0) is 23.4. The highest BCUT2D eigenvalue weighted by atomic mass is 32.2. The van der Waals surface area contributed by atoms with Crippen molar-refractivity contribution in [2.24, 2.45) is 5.92 Å². The molecule has 0 aliphatic carbocycles. The number of ether oxygens (including phenoxy) is 2. The quantitative estimate of drug-likeness (QED) is 0.455. The van der Waals surface area contributed by atoms with Crippen LogP contribution in [-0.4, -0.2) is 63.1 Å². The molecule has 0 unspecified atom stereocenters. The average Bonchev–Trinajstić information content (AvgIpc) is 2.77. The van der Waals surface area contributed by atoms with Gasteiger partial charge in [-0.15, -0.1) is 0 Å². The van der Waals surface area contributed by atoms with Crippen LogP contribution < -0.4 is 9.46 Å². The van der Waals surface area contributed by atoms with Gasteiger partial charge >= 0.3 is 5.69 Å². The van der Waals surface area contributed by atoms with Gasteiger partial charge in [0.25, 0.3) is 15.9 Å². The molecule has 0 saturated carbocycles. The lowest BCUT2D eigenvalue weighted by Crippen LogP contribution is -2.52. The number of sulfonamides is 1. The molecule has 4 rings (SSSR count). The fourth-order valence-electron chi connectivity index (χ4n) is 3.88. The second kappa shape index (κ2) is 9.86. The third-order valence-corrected chi connectivity index (χ3v) is 7.29. The molecule has 2 aromatic carbocycles. The summed E-state index contributed by atoms with van der Waals surface area (Å²) in [6.07, 6.45) is 1.84. The van der Waals surface area contributed by atoms with Crippen LogP contribution in [0.15, 0.2) is 53.4 Å². The van der Waals surface area contributed by atoms with Gasteiger partial charge in [-0.25, -0.2) is 13.1 Å². The Morgan fingerprint density at radius 1 is 1.15 bits per heavy atom. The fraction of sp³-hybridized carbons (Fsp3) is 0.409. The Bertz CT molecular complexity index is 1110. The number of piperidine rings is 1. The zero-order valence-electron chi connectivity index (χ0n) is 17.9. The van der Waals surface area contributed by atoms with E-state index in [1.54, 1.807) is 18.2 Å². The van der Waals surface area contributed by atoms with E-state index < -0.39 is 26.5 Å². The second-order valence-corrected chi connectivity index (χ2v) is 9.85. The lowest BCUT2D eigenvalue weighted by molar-refractivity contribution is -0.386. The number of carbonyl (C=O) groups is 1. The molecular weight excluding hydrogens is 450 g/mol. The molecular formula is C22H25N3O7S. The smallest absolute Gasteiger partial charge is 0.312 e. The Labute approximate surface area is 191 Å². The SMILES string of the molecule is O=C(NS(=O)(=O)c1ccc(OCC2CCN(C3COC3)CC2)c([N+](=O)[O-])c1)c1ccccc1. The molecule has 2 aliphatic rings. The van der Waals surface area contributed by atoms with Gasteiger partial charge in [-0.1, -0.05) is 18.2 Å². The number of nitrogens with zero attached hydrogens (tertiary/aromatic N) is 2. The number of nitro groups is 1. The maximum atomic E-state index is 12.6. The van der Waals surface area contributed by atoms with Crippen LogP contribution in [-0.2, 0) is 14.8 Å². The van der Waals surface area contributed by atoms with Crippen molar-refractivity contribution in [1.29, 1.82) is 0 Å². The van der Waals surface area contributed by atoms with E-state index in [0.717, 1.165) is 45.2 Å². The Morgan fingerprint density at radius 2 is 1.85 bits per heavy atom. The van der Waals surface area contributed by atoms with Crippen molar-refractivity contribution in [3.8, 4) is 5.75 Å². The maximum Gasteiger partial charge on any atom is 0.312 e. The lowest BCUT2D eigenvalue weighted by Gasteiger charge is -2.41. The van der Waals surface area contributed by atoms with Crippen molar-refractivity contribution in [3.05, 3.63) is 64.2 Å². The Hall–Kier alpha value is -3.02. The van der Waals surface area contributed by atoms with Crippen LogP contribution in [0.1, 0.15) is 23.2 Å². The minimum Gasteiger partial charge on any atom is -0.487 e. The summed E-state index contributed by atoms with van der Waals surface area (Å²) in [6, 6.07) is 11.7. The number of rotatable bonds is 8. The number of likely N-dealkylation sites (tertiary alicyclic amines) is 1. The summed E-state index contributed by atoms with van der Waals surface area (Å²) in [7, 11) is -4.30. The summed E-state index contributed by atoms with van der Waals surface area (Å²) in [5.74, 6) is -0.558. The minimum atomic E-state index is -4.30. The van der Waals surface area contributed by atoms with Crippen molar-refractivity contribution in [2.45, 2.75) is 23.8 Å². The molecule has 2 fully saturated rings. The van der Waals surface area contributed by atoms with Gasteiger partial charge in [-0.3, -0.25) is 19.8 Å². The first-order chi connectivity index (χ1) is 15.8. The van der Waals surface area contributed by atoms with E-state index in [9.17, 15) is 23.3 Å². The molecule has 1 amide bonds. The Kier molecular flexibility index (Phi) is 6.91. The first-order valence-corrected chi connectivity index (χ1v) is 12.2. The number of hydrogen-bond acceptors (Lipinski definition) is 8. The number of hydrogen-bond donors (Lipinski definition) is 1. The topological polar surface area (TPSA) is 128 Å². The predicted molar refractivity (Wildman–Crippen MR) is 119 cm³/mol. The van der Waals surface area contributed by atoms with E-state index in [0.29, 0.717) is 12.6 Å². The molecule has 10 nitrogen and oxygen atoms in total. The van der Waals surface area contributed by atoms with Gasteiger partial charge < -0.3 is 9.47 Å². The van der Waals surface area contributed by atoms with E-state index in [4.69, 9.17) is 9.47 Å². The standard InChI is InChI=1S/C22H25N3O7S/c26-22(17-4-2-1-3-5-17)23-33(29,30)19-6-7-21(20(12-19)25(27)28)32-13-16-8-10-24(11-9-16)18-14-31-15-18/h1-7,12,16,18H,8-11,13-15H2,(H,23,26). The molecule has 2 saturated heterocycles. The van der Waals surface area contributed by atoms with Gasteiger partial charge in [-0.2, -0.15) is 0 Å². The molecule has 0 bridgehead atoms. The van der Waals surface area contributed by atoms with Gasteiger partial charge in [0.1, 0.15) is 0 Å². The molecule has 11 heteroatoms. The minimum absolute atomic E-state index is 0.00292. The maximum absolute atomic E-state index is 12.6. The number of nitro benzene ring substituents is 1. The van der Waals surface area contributed by atoms with Gasteiger partial charge in [-0.05, 0) is 56.1 Å². The Morgan fingerprint density at radius 3 is 2.45 bits per heavy atom. The van der Waals surface area contributed by atoms with Crippen LogP contribution in [0.3, 0.4) is 0 Å². The van der Waals surface area contributed by atoms with Crippen LogP contribution in [0.5, 0.6) is 5.75 Å². The third-order valence-electron chi connectivity index (χ3n) is 5.96. The van der Waals surface area contributed by atoms with Crippen LogP contribution >= 0.6 is 0 Å². The molecule has 2 aliphatic heterocycles. The van der Waals surface area contributed by atoms with E-state index in [1.807, 2.05) is 4.72 Å². The molecule has 1 N–H and O–H groups in total. The number of nitrogens with one attached hydrogen (secondary N) is 1. The molecule has 2 heterocycles. The lowest BCUT2D eigenvalue weighted by atomic mass is 9.96. The fourth-order valence-corrected chi connectivity index (χ4v) is 4.88. The van der Waals surface area contributed by atoms with Crippen LogP contribution in [0.2, 0.25) is 0 Å². The van der Waals surface area contributed by atoms with Crippen molar-refractivity contribution in [2.75, 3.05) is 32.9 Å². The predicted octanol–water partition coefficient (Wildman–Crippen LogP) is 2.20. The summed E-state index contributed by atoms with van der Waals surface area (Å²) in [6.45, 7) is 3.72. The second-order valence-electron chi connectivity index (χ2n) is 8.17. The summed E-state index contributed by atoms with van der Waals surface area (Å²) >= 11 is 0. The zero-order valence-corrected chi connectivity index (χ0v) is 18.7. The van der Waals surface area contributed by atoms with E-state index in [2.05, 4.69) is 4.90 Å². The molecule has 0 spiro atoms. The highest BCUT2D eigenvalue weighted by Crippen LogP contribution is 2.31. The number of carbonyl (C=O) groups excluding carboxylic acids is 1. The average molecular weight is 476 g/mol. The van der Waals surface area contributed by atoms with Crippen LogP contribution in [0.4, 0.5) is 5.69 Å². The van der Waals surface area contributed by atoms with E-state index in [-0.39, 0.29) is 22.1 Å². The highest BCUT2D eigenvalue weighted by Gasteiger charge is 2.30. The summed E-state index contributed by atoms with van der Waals surface area (Å²) in [5, 5.41) is 11.6. The number of amides is 1. The van der Waals surface area contributed by atoms with Crippen molar-refractivity contribution in [3.63, 3.8) is 0 Å². The van der Waals surface area contributed by atoms with Crippen molar-refractivity contribution in [1.82, 2.24) is 9.62 Å². The van der Waals surface area contributed by atoms with Crippen molar-refractivity contribution >= 4 is 21.6 Å². The van der Waals surface area contributed by atoms with Gasteiger partial charge in [0.15, 0.2) is 5.75 Å². The molecule has 33 heavy (non-hydrogen) atoms. The van der Waals surface area contributed by atoms with E-state index in [1.165, 1.54) is 24.3 Å². The molecule has 2 aromatic rings. The molecule has 176 valence electrons. The third kappa shape index (κ3) is 5.49. The summed E-state index contributed by atoms with van der Waals surface area (Å²) < 4.78 is 38.1. The Balaban J connectivity index is 1.40. The van der Waals surface area contributed by atoms with E-state index >= 15 is 0 Å². The largest absolute Gasteiger partial charge is 0.487 e. The normalized spacial score (nSPS) is 17.8. The van der Waals surface area contributed by atoms with Gasteiger partial charge in [0.2, 0.25) is 0 Å².